The van der Waals surface area contributed by atoms with E-state index in [0.717, 1.165) is 6.54 Å². The van der Waals surface area contributed by atoms with Crippen molar-refractivity contribution in [3.8, 4) is 23.0 Å². The molecule has 0 fully saturated rings. The minimum absolute atomic E-state index is 0.309. The molecule has 2 aromatic carbocycles. The molecule has 0 bridgehead atoms. The number of amides is 1. The Kier molecular flexibility index (Phi) is 8.32. The number of aromatic nitrogens is 1. The van der Waals surface area contributed by atoms with Gasteiger partial charge in [-0.1, -0.05) is 12.1 Å². The van der Waals surface area contributed by atoms with E-state index in [4.69, 9.17) is 18.9 Å². The summed E-state index contributed by atoms with van der Waals surface area (Å²) in [5.74, 6) is 2.26. The highest BCUT2D eigenvalue weighted by Gasteiger charge is 2.26. The summed E-state index contributed by atoms with van der Waals surface area (Å²) in [5, 5.41) is 5.32. The van der Waals surface area contributed by atoms with Gasteiger partial charge in [0.05, 0.1) is 7.11 Å². The number of para-hydroxylation sites is 2. The van der Waals surface area contributed by atoms with Gasteiger partial charge in [-0.3, -0.25) is 9.69 Å². The topological polar surface area (TPSA) is 82.2 Å². The second-order valence-corrected chi connectivity index (χ2v) is 9.92. The molecule has 1 aliphatic heterocycles. The van der Waals surface area contributed by atoms with Gasteiger partial charge in [0.15, 0.2) is 29.1 Å². The van der Waals surface area contributed by atoms with Crippen molar-refractivity contribution >= 4 is 22.9 Å². The molecule has 1 amide bonds. The zero-order valence-electron chi connectivity index (χ0n) is 21.3. The smallest absolute Gasteiger partial charge is 0.275 e. The molecule has 0 aliphatic carbocycles. The molecule has 0 saturated heterocycles. The van der Waals surface area contributed by atoms with E-state index in [9.17, 15) is 4.79 Å². The summed E-state index contributed by atoms with van der Waals surface area (Å²) in [6, 6.07) is 13.7. The predicted molar refractivity (Wildman–Crippen MR) is 141 cm³/mol. The first kappa shape index (κ1) is 25.8. The molecule has 4 rings (SSSR count). The lowest BCUT2D eigenvalue weighted by molar-refractivity contribution is 0.0906. The summed E-state index contributed by atoms with van der Waals surface area (Å²) < 4.78 is 23.3. The zero-order chi connectivity index (χ0) is 25.7. The van der Waals surface area contributed by atoms with Gasteiger partial charge < -0.3 is 24.3 Å². The summed E-state index contributed by atoms with van der Waals surface area (Å²) in [4.78, 5) is 19.8. The standard InChI is InChI=1S/C27H33N3O5S/c1-17(2)30(18(3)4)12-13-33-24-14-19(10-11-21(24)32-5)28-26(31)20-16-36-27(29-20)25-15-34-22-8-6-7-9-23(22)35-25/h6-11,14,16-18,25H,12-13,15H2,1-5H3,(H,28,31). The highest BCUT2D eigenvalue weighted by molar-refractivity contribution is 7.09. The number of fused-ring (bicyclic) bond motifs is 1. The lowest BCUT2D eigenvalue weighted by atomic mass is 10.2. The van der Waals surface area contributed by atoms with E-state index in [1.165, 1.54) is 11.3 Å². The minimum Gasteiger partial charge on any atom is -0.493 e. The molecular formula is C27H33N3O5S. The maximum Gasteiger partial charge on any atom is 0.275 e. The van der Waals surface area contributed by atoms with Crippen molar-refractivity contribution in [2.75, 3.05) is 32.2 Å². The van der Waals surface area contributed by atoms with Crippen LogP contribution in [0.3, 0.4) is 0 Å². The maximum atomic E-state index is 12.9. The van der Waals surface area contributed by atoms with Crippen molar-refractivity contribution in [1.82, 2.24) is 9.88 Å². The number of nitrogens with zero attached hydrogens (tertiary/aromatic N) is 2. The third kappa shape index (κ3) is 6.09. The van der Waals surface area contributed by atoms with Crippen LogP contribution in [-0.2, 0) is 0 Å². The average molecular weight is 512 g/mol. The zero-order valence-corrected chi connectivity index (χ0v) is 22.1. The molecule has 9 heteroatoms. The predicted octanol–water partition coefficient (Wildman–Crippen LogP) is 5.41. The Bertz CT molecular complexity index is 1170. The van der Waals surface area contributed by atoms with Crippen LogP contribution in [0.5, 0.6) is 23.0 Å². The van der Waals surface area contributed by atoms with Gasteiger partial charge in [-0.05, 0) is 52.0 Å². The van der Waals surface area contributed by atoms with Crippen LogP contribution in [-0.4, -0.2) is 54.7 Å². The molecule has 1 unspecified atom stereocenters. The van der Waals surface area contributed by atoms with Gasteiger partial charge in [0.25, 0.3) is 5.91 Å². The van der Waals surface area contributed by atoms with E-state index in [1.807, 2.05) is 24.3 Å². The van der Waals surface area contributed by atoms with Crippen molar-refractivity contribution < 1.29 is 23.7 Å². The Morgan fingerprint density at radius 3 is 2.61 bits per heavy atom. The van der Waals surface area contributed by atoms with E-state index in [1.54, 1.807) is 30.7 Å². The number of nitrogens with one attached hydrogen (secondary N) is 1. The molecule has 0 radical (unpaired) electrons. The van der Waals surface area contributed by atoms with Crippen molar-refractivity contribution in [3.63, 3.8) is 0 Å². The van der Waals surface area contributed by atoms with Gasteiger partial charge >= 0.3 is 0 Å². The second-order valence-electron chi connectivity index (χ2n) is 9.03. The average Bonchev–Trinajstić information content (AvgIpc) is 3.36. The van der Waals surface area contributed by atoms with Gasteiger partial charge in [0.1, 0.15) is 23.9 Å². The molecule has 1 N–H and O–H groups in total. The molecule has 192 valence electrons. The molecule has 0 saturated carbocycles. The van der Waals surface area contributed by atoms with Crippen molar-refractivity contribution in [1.29, 1.82) is 0 Å². The number of carbonyl (C=O) groups is 1. The number of hydrogen-bond donors (Lipinski definition) is 1. The van der Waals surface area contributed by atoms with Crippen molar-refractivity contribution in [2.24, 2.45) is 0 Å². The van der Waals surface area contributed by atoms with Gasteiger partial charge in [0.2, 0.25) is 0 Å². The van der Waals surface area contributed by atoms with Crippen LogP contribution in [0.1, 0.15) is 49.3 Å². The number of anilines is 1. The number of benzene rings is 2. The fraction of sp³-hybridized carbons (Fsp3) is 0.407. The van der Waals surface area contributed by atoms with Gasteiger partial charge in [-0.15, -0.1) is 11.3 Å². The Labute approximate surface area is 216 Å². The first-order valence-corrected chi connectivity index (χ1v) is 13.0. The normalized spacial score (nSPS) is 14.8. The molecule has 2 heterocycles. The summed E-state index contributed by atoms with van der Waals surface area (Å²) >= 11 is 1.37. The van der Waals surface area contributed by atoms with Gasteiger partial charge in [-0.25, -0.2) is 4.98 Å². The van der Waals surface area contributed by atoms with Crippen LogP contribution in [0.15, 0.2) is 47.8 Å². The molecule has 1 aromatic heterocycles. The van der Waals surface area contributed by atoms with Crippen LogP contribution < -0.4 is 24.3 Å². The Morgan fingerprint density at radius 1 is 1.14 bits per heavy atom. The van der Waals surface area contributed by atoms with Gasteiger partial charge in [0, 0.05) is 35.8 Å². The molecule has 8 nitrogen and oxygen atoms in total. The van der Waals surface area contributed by atoms with Crippen molar-refractivity contribution in [3.05, 3.63) is 58.5 Å². The number of hydrogen-bond acceptors (Lipinski definition) is 8. The summed E-state index contributed by atoms with van der Waals surface area (Å²) in [6.45, 7) is 10.3. The van der Waals surface area contributed by atoms with E-state index in [-0.39, 0.29) is 12.0 Å². The van der Waals surface area contributed by atoms with E-state index in [0.29, 0.717) is 64.7 Å². The first-order valence-electron chi connectivity index (χ1n) is 12.1. The number of thiazole rings is 1. The highest BCUT2D eigenvalue weighted by Crippen LogP contribution is 2.37. The summed E-state index contributed by atoms with van der Waals surface area (Å²) in [5.41, 5.74) is 0.918. The highest BCUT2D eigenvalue weighted by atomic mass is 32.1. The fourth-order valence-electron chi connectivity index (χ4n) is 4.12. The van der Waals surface area contributed by atoms with Crippen LogP contribution in [0.2, 0.25) is 0 Å². The second kappa shape index (κ2) is 11.6. The lowest BCUT2D eigenvalue weighted by Gasteiger charge is -2.30. The van der Waals surface area contributed by atoms with Crippen LogP contribution in [0.4, 0.5) is 5.69 Å². The SMILES string of the molecule is COc1ccc(NC(=O)c2csc(C3COc4ccccc4O3)n2)cc1OCCN(C(C)C)C(C)C. The Hall–Kier alpha value is -3.30. The van der Waals surface area contributed by atoms with Crippen LogP contribution in [0, 0.1) is 0 Å². The molecule has 36 heavy (non-hydrogen) atoms. The lowest BCUT2D eigenvalue weighted by Crippen LogP contribution is -2.39. The van der Waals surface area contributed by atoms with Gasteiger partial charge in [-0.2, -0.15) is 0 Å². The van der Waals surface area contributed by atoms with Crippen LogP contribution in [0.25, 0.3) is 0 Å². The fourth-order valence-corrected chi connectivity index (χ4v) is 4.93. The molecular weight excluding hydrogens is 478 g/mol. The molecule has 0 spiro atoms. The third-order valence-electron chi connectivity index (χ3n) is 5.89. The third-order valence-corrected chi connectivity index (χ3v) is 6.83. The molecule has 1 aliphatic rings. The first-order chi connectivity index (χ1) is 17.4. The summed E-state index contributed by atoms with van der Waals surface area (Å²) in [6.07, 6.45) is -0.358. The number of ether oxygens (including phenoxy) is 4. The number of carbonyl (C=O) groups excluding carboxylic acids is 1. The van der Waals surface area contributed by atoms with Crippen molar-refractivity contribution in [2.45, 2.75) is 45.9 Å². The number of rotatable bonds is 10. The van der Waals surface area contributed by atoms with E-state index < -0.39 is 0 Å². The largest absolute Gasteiger partial charge is 0.493 e. The van der Waals surface area contributed by atoms with E-state index >= 15 is 0 Å². The molecule has 3 aromatic rings. The quantitative estimate of drug-likeness (QED) is 0.389. The van der Waals surface area contributed by atoms with E-state index in [2.05, 4.69) is 42.9 Å². The molecule has 1 atom stereocenters. The number of methoxy groups -OCH3 is 1. The minimum atomic E-state index is -0.358. The van der Waals surface area contributed by atoms with Crippen LogP contribution >= 0.6 is 11.3 Å². The maximum absolute atomic E-state index is 12.9. The Balaban J connectivity index is 1.39. The Morgan fingerprint density at radius 2 is 1.89 bits per heavy atom. The monoisotopic (exact) mass is 511 g/mol. The summed E-state index contributed by atoms with van der Waals surface area (Å²) in [7, 11) is 1.60.